The summed E-state index contributed by atoms with van der Waals surface area (Å²) in [6.07, 6.45) is 0. The molecule has 3 nitrogen and oxygen atoms in total. The SMILES string of the molecule is CC(C)c1cc2n(n1)CCNC2. The molecule has 0 radical (unpaired) electrons. The van der Waals surface area contributed by atoms with Crippen LogP contribution in [0.3, 0.4) is 0 Å². The summed E-state index contributed by atoms with van der Waals surface area (Å²) in [5.41, 5.74) is 2.54. The van der Waals surface area contributed by atoms with Crippen molar-refractivity contribution in [3.63, 3.8) is 0 Å². The fraction of sp³-hybridized carbons (Fsp3) is 0.667. The third-order valence-electron chi connectivity index (χ3n) is 2.28. The molecule has 12 heavy (non-hydrogen) atoms. The van der Waals surface area contributed by atoms with Crippen LogP contribution in [0.4, 0.5) is 0 Å². The van der Waals surface area contributed by atoms with Crippen LogP contribution in [0.2, 0.25) is 0 Å². The third-order valence-corrected chi connectivity index (χ3v) is 2.28. The number of aromatic nitrogens is 2. The highest BCUT2D eigenvalue weighted by molar-refractivity contribution is 5.14. The topological polar surface area (TPSA) is 29.9 Å². The minimum atomic E-state index is 0.545. The minimum Gasteiger partial charge on any atom is -0.309 e. The van der Waals surface area contributed by atoms with Gasteiger partial charge >= 0.3 is 0 Å². The second kappa shape index (κ2) is 2.90. The molecule has 0 aromatic carbocycles. The maximum absolute atomic E-state index is 4.53. The Morgan fingerprint density at radius 1 is 1.58 bits per heavy atom. The quantitative estimate of drug-likeness (QED) is 0.675. The van der Waals surface area contributed by atoms with Crippen LogP contribution in [0.1, 0.15) is 31.2 Å². The molecule has 1 aliphatic heterocycles. The zero-order valence-corrected chi connectivity index (χ0v) is 7.67. The van der Waals surface area contributed by atoms with E-state index in [1.165, 1.54) is 11.4 Å². The van der Waals surface area contributed by atoms with E-state index in [1.807, 2.05) is 0 Å². The molecule has 66 valence electrons. The molecule has 1 N–H and O–H groups in total. The first-order chi connectivity index (χ1) is 5.77. The van der Waals surface area contributed by atoms with Gasteiger partial charge in [0.2, 0.25) is 0 Å². The van der Waals surface area contributed by atoms with Crippen molar-refractivity contribution in [3.8, 4) is 0 Å². The number of hydrogen-bond acceptors (Lipinski definition) is 2. The van der Waals surface area contributed by atoms with Gasteiger partial charge in [0.15, 0.2) is 0 Å². The van der Waals surface area contributed by atoms with Crippen LogP contribution < -0.4 is 5.32 Å². The molecule has 2 heterocycles. The molecule has 0 saturated carbocycles. The van der Waals surface area contributed by atoms with Crippen molar-refractivity contribution >= 4 is 0 Å². The smallest absolute Gasteiger partial charge is 0.0653 e. The maximum Gasteiger partial charge on any atom is 0.0653 e. The highest BCUT2D eigenvalue weighted by Gasteiger charge is 2.12. The lowest BCUT2D eigenvalue weighted by atomic mass is 10.1. The largest absolute Gasteiger partial charge is 0.309 e. The summed E-state index contributed by atoms with van der Waals surface area (Å²) < 4.78 is 2.12. The van der Waals surface area contributed by atoms with Crippen LogP contribution in [0.25, 0.3) is 0 Å². The van der Waals surface area contributed by atoms with E-state index in [1.54, 1.807) is 0 Å². The van der Waals surface area contributed by atoms with E-state index in [4.69, 9.17) is 0 Å². The number of rotatable bonds is 1. The Morgan fingerprint density at radius 3 is 3.08 bits per heavy atom. The van der Waals surface area contributed by atoms with Gasteiger partial charge in [-0.3, -0.25) is 4.68 Å². The molecule has 1 aromatic heterocycles. The van der Waals surface area contributed by atoms with Crippen LogP contribution in [-0.2, 0) is 13.1 Å². The number of nitrogens with one attached hydrogen (secondary N) is 1. The van der Waals surface area contributed by atoms with Crippen LogP contribution in [0, 0.1) is 0 Å². The fourth-order valence-corrected chi connectivity index (χ4v) is 1.50. The van der Waals surface area contributed by atoms with E-state index in [2.05, 4.69) is 35.0 Å². The number of hydrogen-bond donors (Lipinski definition) is 1. The van der Waals surface area contributed by atoms with E-state index >= 15 is 0 Å². The normalized spacial score (nSPS) is 16.6. The lowest BCUT2D eigenvalue weighted by Crippen LogP contribution is -2.28. The van der Waals surface area contributed by atoms with Crippen molar-refractivity contribution in [3.05, 3.63) is 17.5 Å². The summed E-state index contributed by atoms with van der Waals surface area (Å²) in [6, 6.07) is 2.21. The van der Waals surface area contributed by atoms with Gasteiger partial charge < -0.3 is 5.32 Å². The summed E-state index contributed by atoms with van der Waals surface area (Å²) in [5, 5.41) is 7.86. The Hall–Kier alpha value is -0.830. The Bertz CT molecular complexity index is 252. The molecule has 1 aliphatic rings. The van der Waals surface area contributed by atoms with Gasteiger partial charge in [-0.25, -0.2) is 0 Å². The third kappa shape index (κ3) is 1.25. The molecular weight excluding hydrogens is 150 g/mol. The first kappa shape index (κ1) is 7.80. The second-order valence-electron chi connectivity index (χ2n) is 3.62. The van der Waals surface area contributed by atoms with Gasteiger partial charge in [0.05, 0.1) is 17.9 Å². The Morgan fingerprint density at radius 2 is 2.42 bits per heavy atom. The molecule has 0 spiro atoms. The summed E-state index contributed by atoms with van der Waals surface area (Å²) in [4.78, 5) is 0. The van der Waals surface area contributed by atoms with Gasteiger partial charge in [-0.05, 0) is 12.0 Å². The Kier molecular flexibility index (Phi) is 1.89. The standard InChI is InChI=1S/C9H15N3/c1-7(2)9-5-8-6-10-3-4-12(8)11-9/h5,7,10H,3-4,6H2,1-2H3. The van der Waals surface area contributed by atoms with Gasteiger partial charge in [0.1, 0.15) is 0 Å². The summed E-state index contributed by atoms with van der Waals surface area (Å²) in [6.45, 7) is 7.40. The average molecular weight is 165 g/mol. The molecule has 0 aliphatic carbocycles. The van der Waals surface area contributed by atoms with E-state index in [0.29, 0.717) is 5.92 Å². The average Bonchev–Trinajstić information content (AvgIpc) is 2.46. The predicted molar refractivity (Wildman–Crippen MR) is 48.0 cm³/mol. The van der Waals surface area contributed by atoms with Crippen molar-refractivity contribution in [2.45, 2.75) is 32.9 Å². The molecule has 3 heteroatoms. The summed E-state index contributed by atoms with van der Waals surface area (Å²) in [5.74, 6) is 0.545. The van der Waals surface area contributed by atoms with Crippen molar-refractivity contribution in [1.29, 1.82) is 0 Å². The fourth-order valence-electron chi connectivity index (χ4n) is 1.50. The van der Waals surface area contributed by atoms with Crippen LogP contribution >= 0.6 is 0 Å². The van der Waals surface area contributed by atoms with Crippen molar-refractivity contribution in [2.75, 3.05) is 6.54 Å². The number of nitrogens with zero attached hydrogens (tertiary/aromatic N) is 2. The van der Waals surface area contributed by atoms with E-state index in [-0.39, 0.29) is 0 Å². The van der Waals surface area contributed by atoms with Crippen molar-refractivity contribution in [2.24, 2.45) is 0 Å². The van der Waals surface area contributed by atoms with Gasteiger partial charge in [-0.15, -0.1) is 0 Å². The molecule has 2 rings (SSSR count). The molecule has 0 unspecified atom stereocenters. The van der Waals surface area contributed by atoms with Crippen molar-refractivity contribution in [1.82, 2.24) is 15.1 Å². The zero-order chi connectivity index (χ0) is 8.55. The first-order valence-corrected chi connectivity index (χ1v) is 4.54. The molecule has 0 bridgehead atoms. The molecule has 0 atom stereocenters. The lowest BCUT2D eigenvalue weighted by Gasteiger charge is -2.13. The van der Waals surface area contributed by atoms with E-state index in [9.17, 15) is 0 Å². The first-order valence-electron chi connectivity index (χ1n) is 4.54. The lowest BCUT2D eigenvalue weighted by molar-refractivity contribution is 0.472. The highest BCUT2D eigenvalue weighted by atomic mass is 15.3. The summed E-state index contributed by atoms with van der Waals surface area (Å²) >= 11 is 0. The van der Waals surface area contributed by atoms with Gasteiger partial charge in [-0.1, -0.05) is 13.8 Å². The van der Waals surface area contributed by atoms with Gasteiger partial charge in [0.25, 0.3) is 0 Å². The highest BCUT2D eigenvalue weighted by Crippen LogP contribution is 2.15. The van der Waals surface area contributed by atoms with Crippen LogP contribution in [0.15, 0.2) is 6.07 Å². The zero-order valence-electron chi connectivity index (χ0n) is 7.67. The van der Waals surface area contributed by atoms with Gasteiger partial charge in [0, 0.05) is 13.1 Å². The van der Waals surface area contributed by atoms with Crippen molar-refractivity contribution < 1.29 is 0 Å². The minimum absolute atomic E-state index is 0.545. The van der Waals surface area contributed by atoms with E-state index in [0.717, 1.165) is 19.6 Å². The Balaban J connectivity index is 2.32. The number of fused-ring (bicyclic) bond motifs is 1. The predicted octanol–water partition coefficient (Wildman–Crippen LogP) is 1.11. The monoisotopic (exact) mass is 165 g/mol. The second-order valence-corrected chi connectivity index (χ2v) is 3.62. The molecular formula is C9H15N3. The van der Waals surface area contributed by atoms with Crippen LogP contribution in [0.5, 0.6) is 0 Å². The molecule has 0 fully saturated rings. The van der Waals surface area contributed by atoms with E-state index < -0.39 is 0 Å². The molecule has 0 saturated heterocycles. The molecule has 1 aromatic rings. The molecule has 0 amide bonds. The summed E-state index contributed by atoms with van der Waals surface area (Å²) in [7, 11) is 0. The van der Waals surface area contributed by atoms with Crippen LogP contribution in [-0.4, -0.2) is 16.3 Å². The van der Waals surface area contributed by atoms with Gasteiger partial charge in [-0.2, -0.15) is 5.10 Å². The maximum atomic E-state index is 4.53. The Labute approximate surface area is 72.8 Å².